The molecule has 1 amide bonds. The van der Waals surface area contributed by atoms with E-state index in [0.717, 1.165) is 0 Å². The van der Waals surface area contributed by atoms with Gasteiger partial charge in [0.05, 0.1) is 31.5 Å². The first-order chi connectivity index (χ1) is 13.4. The molecule has 2 heterocycles. The van der Waals surface area contributed by atoms with Crippen LogP contribution < -0.4 is 9.47 Å². The lowest BCUT2D eigenvalue weighted by atomic mass is 9.94. The SMILES string of the molecule is COC(=O)C1=C(C)N=C2SCCC(=O)N2[C@H]1c1ccc(OC(C)=O)c(OC)c1. The maximum atomic E-state index is 12.7. The number of esters is 2. The Morgan fingerprint density at radius 2 is 2.00 bits per heavy atom. The number of aliphatic imine (C=N–C) groups is 1. The molecular formula is C19H20N2O6S. The van der Waals surface area contributed by atoms with Gasteiger partial charge in [0.1, 0.15) is 0 Å². The van der Waals surface area contributed by atoms with E-state index >= 15 is 0 Å². The number of methoxy groups -OCH3 is 2. The predicted octanol–water partition coefficient (Wildman–Crippen LogP) is 2.44. The molecule has 0 unspecified atom stereocenters. The first-order valence-electron chi connectivity index (χ1n) is 8.56. The van der Waals surface area contributed by atoms with Crippen LogP contribution in [-0.2, 0) is 19.1 Å². The summed E-state index contributed by atoms with van der Waals surface area (Å²) < 4.78 is 15.4. The Bertz CT molecular complexity index is 908. The minimum Gasteiger partial charge on any atom is -0.493 e. The molecule has 1 aromatic rings. The number of nitrogens with zero attached hydrogens (tertiary/aromatic N) is 2. The molecule has 28 heavy (non-hydrogen) atoms. The van der Waals surface area contributed by atoms with E-state index in [1.165, 1.54) is 37.8 Å². The second-order valence-corrected chi connectivity index (χ2v) is 7.22. The highest BCUT2D eigenvalue weighted by Gasteiger charge is 2.41. The van der Waals surface area contributed by atoms with Gasteiger partial charge in [-0.05, 0) is 24.6 Å². The minimum absolute atomic E-state index is 0.126. The van der Waals surface area contributed by atoms with Crippen LogP contribution in [0.5, 0.6) is 11.5 Å². The summed E-state index contributed by atoms with van der Waals surface area (Å²) in [6.45, 7) is 3.01. The predicted molar refractivity (Wildman–Crippen MR) is 103 cm³/mol. The summed E-state index contributed by atoms with van der Waals surface area (Å²) in [5, 5.41) is 0.550. The average molecular weight is 404 g/mol. The molecule has 2 aliphatic heterocycles. The lowest BCUT2D eigenvalue weighted by molar-refractivity contribution is -0.137. The molecule has 0 aromatic heterocycles. The van der Waals surface area contributed by atoms with Gasteiger partial charge in [-0.3, -0.25) is 14.5 Å². The number of rotatable bonds is 4. The highest BCUT2D eigenvalue weighted by molar-refractivity contribution is 8.14. The molecular weight excluding hydrogens is 384 g/mol. The van der Waals surface area contributed by atoms with Crippen molar-refractivity contribution in [2.24, 2.45) is 4.99 Å². The van der Waals surface area contributed by atoms with E-state index in [-0.39, 0.29) is 17.2 Å². The van der Waals surface area contributed by atoms with Gasteiger partial charge in [-0.2, -0.15) is 0 Å². The highest BCUT2D eigenvalue weighted by Crippen LogP contribution is 2.42. The molecule has 1 aromatic carbocycles. The Kier molecular flexibility index (Phi) is 5.73. The third kappa shape index (κ3) is 3.62. The summed E-state index contributed by atoms with van der Waals surface area (Å²) in [6, 6.07) is 4.21. The van der Waals surface area contributed by atoms with Crippen molar-refractivity contribution in [2.45, 2.75) is 26.3 Å². The third-order valence-electron chi connectivity index (χ3n) is 4.37. The number of amidine groups is 1. The molecule has 0 radical (unpaired) electrons. The van der Waals surface area contributed by atoms with Gasteiger partial charge in [0.25, 0.3) is 0 Å². The van der Waals surface area contributed by atoms with E-state index in [1.54, 1.807) is 25.1 Å². The van der Waals surface area contributed by atoms with Crippen LogP contribution in [0.3, 0.4) is 0 Å². The fraction of sp³-hybridized carbons (Fsp3) is 0.368. The second kappa shape index (κ2) is 8.05. The number of ether oxygens (including phenoxy) is 3. The maximum absolute atomic E-state index is 12.7. The normalized spacial score (nSPS) is 19.0. The fourth-order valence-corrected chi connectivity index (χ4v) is 4.18. The summed E-state index contributed by atoms with van der Waals surface area (Å²) in [4.78, 5) is 42.5. The van der Waals surface area contributed by atoms with E-state index in [2.05, 4.69) is 4.99 Å². The van der Waals surface area contributed by atoms with Crippen molar-refractivity contribution in [1.29, 1.82) is 0 Å². The van der Waals surface area contributed by atoms with Crippen LogP contribution in [-0.4, -0.2) is 47.9 Å². The van der Waals surface area contributed by atoms with E-state index in [1.807, 2.05) is 0 Å². The molecule has 2 aliphatic rings. The molecule has 1 fully saturated rings. The second-order valence-electron chi connectivity index (χ2n) is 6.15. The van der Waals surface area contributed by atoms with E-state index in [4.69, 9.17) is 14.2 Å². The van der Waals surface area contributed by atoms with Crippen LogP contribution in [0.2, 0.25) is 0 Å². The zero-order valence-electron chi connectivity index (χ0n) is 16.0. The first kappa shape index (κ1) is 19.9. The van der Waals surface area contributed by atoms with Crippen molar-refractivity contribution in [2.75, 3.05) is 20.0 Å². The van der Waals surface area contributed by atoms with Gasteiger partial charge in [0.15, 0.2) is 16.7 Å². The highest BCUT2D eigenvalue weighted by atomic mass is 32.2. The number of carbonyl (C=O) groups excluding carboxylic acids is 3. The molecule has 148 valence electrons. The van der Waals surface area contributed by atoms with Gasteiger partial charge in [-0.1, -0.05) is 17.8 Å². The van der Waals surface area contributed by atoms with E-state index in [0.29, 0.717) is 34.4 Å². The molecule has 9 heteroatoms. The summed E-state index contributed by atoms with van der Waals surface area (Å²) >= 11 is 1.46. The van der Waals surface area contributed by atoms with Gasteiger partial charge < -0.3 is 14.2 Å². The van der Waals surface area contributed by atoms with Crippen molar-refractivity contribution in [3.8, 4) is 11.5 Å². The molecule has 3 rings (SSSR count). The Balaban J connectivity index is 2.15. The number of hydrogen-bond acceptors (Lipinski definition) is 8. The number of carbonyl (C=O) groups is 3. The fourth-order valence-electron chi connectivity index (χ4n) is 3.18. The molecule has 8 nitrogen and oxygen atoms in total. The van der Waals surface area contributed by atoms with Crippen LogP contribution in [0.4, 0.5) is 0 Å². The van der Waals surface area contributed by atoms with Crippen LogP contribution in [0.1, 0.15) is 31.9 Å². The number of amides is 1. The molecule has 0 N–H and O–H groups in total. The number of allylic oxidation sites excluding steroid dienone is 1. The minimum atomic E-state index is -0.708. The van der Waals surface area contributed by atoms with E-state index < -0.39 is 18.0 Å². The zero-order chi connectivity index (χ0) is 20.4. The topological polar surface area (TPSA) is 94.5 Å². The Morgan fingerprint density at radius 1 is 1.25 bits per heavy atom. The Hall–Kier alpha value is -2.81. The molecule has 1 saturated heterocycles. The van der Waals surface area contributed by atoms with Crippen molar-refractivity contribution in [1.82, 2.24) is 4.90 Å². The number of hydrogen-bond donors (Lipinski definition) is 0. The van der Waals surface area contributed by atoms with Crippen LogP contribution in [0.25, 0.3) is 0 Å². The monoisotopic (exact) mass is 404 g/mol. The summed E-state index contributed by atoms with van der Waals surface area (Å²) in [5.74, 6) is 0.0397. The van der Waals surface area contributed by atoms with Crippen molar-refractivity contribution in [3.05, 3.63) is 35.0 Å². The summed E-state index contributed by atoms with van der Waals surface area (Å²) in [6.07, 6.45) is 0.344. The lowest BCUT2D eigenvalue weighted by Gasteiger charge is -2.38. The molecule has 0 bridgehead atoms. The largest absolute Gasteiger partial charge is 0.493 e. The van der Waals surface area contributed by atoms with Gasteiger partial charge >= 0.3 is 11.9 Å². The molecule has 0 aliphatic carbocycles. The Morgan fingerprint density at radius 3 is 2.64 bits per heavy atom. The summed E-state index contributed by atoms with van der Waals surface area (Å²) in [7, 11) is 2.74. The number of benzene rings is 1. The quantitative estimate of drug-likeness (QED) is 0.562. The summed E-state index contributed by atoms with van der Waals surface area (Å²) in [5.41, 5.74) is 1.40. The molecule has 0 spiro atoms. The maximum Gasteiger partial charge on any atom is 0.338 e. The Labute approximate surface area is 166 Å². The molecule has 1 atom stereocenters. The van der Waals surface area contributed by atoms with Gasteiger partial charge in [-0.25, -0.2) is 9.79 Å². The van der Waals surface area contributed by atoms with Crippen LogP contribution >= 0.6 is 11.8 Å². The first-order valence-corrected chi connectivity index (χ1v) is 9.55. The van der Waals surface area contributed by atoms with E-state index in [9.17, 15) is 14.4 Å². The smallest absolute Gasteiger partial charge is 0.338 e. The van der Waals surface area contributed by atoms with Crippen molar-refractivity contribution >= 4 is 34.8 Å². The van der Waals surface area contributed by atoms with Crippen LogP contribution in [0, 0.1) is 0 Å². The lowest BCUT2D eigenvalue weighted by Crippen LogP contribution is -2.45. The standard InChI is InChI=1S/C19H20N2O6S/c1-10-16(18(24)26-4)17(21-15(23)7-8-28-19(21)20-10)12-5-6-13(27-11(2)22)14(9-12)25-3/h5-6,9,17H,7-8H2,1-4H3/t17-/m0/s1. The third-order valence-corrected chi connectivity index (χ3v) is 5.32. The van der Waals surface area contributed by atoms with Gasteiger partial charge in [0.2, 0.25) is 5.91 Å². The number of thioether (sulfide) groups is 1. The van der Waals surface area contributed by atoms with Gasteiger partial charge in [-0.15, -0.1) is 0 Å². The van der Waals surface area contributed by atoms with Crippen molar-refractivity contribution < 1.29 is 28.6 Å². The number of fused-ring (bicyclic) bond motifs is 1. The van der Waals surface area contributed by atoms with Gasteiger partial charge in [0, 0.05) is 19.1 Å². The zero-order valence-corrected chi connectivity index (χ0v) is 16.8. The molecule has 0 saturated carbocycles. The average Bonchev–Trinajstić information content (AvgIpc) is 2.66. The van der Waals surface area contributed by atoms with Crippen LogP contribution in [0.15, 0.2) is 34.5 Å². The van der Waals surface area contributed by atoms with Crippen molar-refractivity contribution in [3.63, 3.8) is 0 Å².